The summed E-state index contributed by atoms with van der Waals surface area (Å²) in [6.45, 7) is 0. The third-order valence-electron chi connectivity index (χ3n) is 2.79. The number of amides is 1. The van der Waals surface area contributed by atoms with E-state index in [2.05, 4.69) is 5.32 Å². The van der Waals surface area contributed by atoms with Gasteiger partial charge in [0.05, 0.1) is 0 Å². The van der Waals surface area contributed by atoms with E-state index in [0.29, 0.717) is 0 Å². The first-order valence-corrected chi connectivity index (χ1v) is 5.86. The second-order valence-electron chi connectivity index (χ2n) is 4.12. The summed E-state index contributed by atoms with van der Waals surface area (Å²) in [7, 11) is 1.68. The average molecular weight is 298 g/mol. The van der Waals surface area contributed by atoms with Gasteiger partial charge in [0.1, 0.15) is 5.69 Å². The predicted molar refractivity (Wildman–Crippen MR) is 70.2 cm³/mol. The van der Waals surface area contributed by atoms with Gasteiger partial charge in [0.15, 0.2) is 23.3 Å². The summed E-state index contributed by atoms with van der Waals surface area (Å²) in [4.78, 5) is 11.8. The van der Waals surface area contributed by atoms with E-state index in [1.54, 1.807) is 19.2 Å². The number of carbonyl (C=O) groups is 1. The molecule has 1 amide bonds. The van der Waals surface area contributed by atoms with Gasteiger partial charge >= 0.3 is 0 Å². The molecule has 0 fully saturated rings. The lowest BCUT2D eigenvalue weighted by Crippen LogP contribution is -2.15. The molecule has 3 nitrogen and oxygen atoms in total. The highest BCUT2D eigenvalue weighted by Crippen LogP contribution is 2.24. The largest absolute Gasteiger partial charge is 0.388 e. The Morgan fingerprint density at radius 3 is 1.95 bits per heavy atom. The number of benzene rings is 2. The molecule has 0 radical (unpaired) electrons. The fourth-order valence-corrected chi connectivity index (χ4v) is 1.66. The van der Waals surface area contributed by atoms with Crippen molar-refractivity contribution in [2.75, 3.05) is 17.7 Å². The van der Waals surface area contributed by atoms with Crippen molar-refractivity contribution in [3.63, 3.8) is 0 Å². The zero-order chi connectivity index (χ0) is 15.6. The molecule has 0 aliphatic rings. The van der Waals surface area contributed by atoms with Gasteiger partial charge in [-0.05, 0) is 24.3 Å². The van der Waals surface area contributed by atoms with E-state index in [4.69, 9.17) is 0 Å². The topological polar surface area (TPSA) is 41.1 Å². The molecular formula is C14H10F4N2O. The highest BCUT2D eigenvalue weighted by atomic mass is 19.2. The van der Waals surface area contributed by atoms with Crippen LogP contribution in [-0.2, 0) is 0 Å². The monoisotopic (exact) mass is 298 g/mol. The number of hydrogen-bond donors (Lipinski definition) is 2. The predicted octanol–water partition coefficient (Wildman–Crippen LogP) is 3.54. The molecule has 0 bridgehead atoms. The molecule has 2 aromatic carbocycles. The minimum absolute atomic E-state index is 0.0715. The van der Waals surface area contributed by atoms with Crippen LogP contribution in [-0.4, -0.2) is 13.0 Å². The van der Waals surface area contributed by atoms with Crippen LogP contribution in [0.25, 0.3) is 0 Å². The first kappa shape index (κ1) is 14.8. The van der Waals surface area contributed by atoms with Gasteiger partial charge in [-0.25, -0.2) is 17.6 Å². The molecule has 0 saturated heterocycles. The van der Waals surface area contributed by atoms with Crippen molar-refractivity contribution in [3.05, 3.63) is 59.2 Å². The molecule has 0 aliphatic heterocycles. The van der Waals surface area contributed by atoms with Gasteiger partial charge in [-0.1, -0.05) is 0 Å². The lowest BCUT2D eigenvalue weighted by molar-refractivity contribution is 0.102. The molecule has 0 aromatic heterocycles. The molecule has 0 unspecified atom stereocenters. The van der Waals surface area contributed by atoms with Crippen molar-refractivity contribution in [1.82, 2.24) is 0 Å². The number of anilines is 2. The van der Waals surface area contributed by atoms with Gasteiger partial charge < -0.3 is 10.6 Å². The summed E-state index contributed by atoms with van der Waals surface area (Å²) in [6, 6.07) is 5.99. The fourth-order valence-electron chi connectivity index (χ4n) is 1.66. The van der Waals surface area contributed by atoms with Gasteiger partial charge in [0.2, 0.25) is 0 Å². The first-order chi connectivity index (χ1) is 9.93. The number of carbonyl (C=O) groups excluding carboxylic acids is 1. The normalized spacial score (nSPS) is 10.3. The number of hydrogen-bond acceptors (Lipinski definition) is 2. The second-order valence-corrected chi connectivity index (χ2v) is 4.12. The SMILES string of the molecule is CNc1ccc(C(=O)Nc2c(F)c(F)cc(F)c2F)cc1. The molecule has 110 valence electrons. The van der Waals surface area contributed by atoms with E-state index in [0.717, 1.165) is 5.69 Å². The summed E-state index contributed by atoms with van der Waals surface area (Å²) in [5.74, 6) is -7.38. The maximum Gasteiger partial charge on any atom is 0.255 e. The van der Waals surface area contributed by atoms with Crippen LogP contribution in [0.2, 0.25) is 0 Å². The van der Waals surface area contributed by atoms with Crippen molar-refractivity contribution >= 4 is 17.3 Å². The zero-order valence-corrected chi connectivity index (χ0v) is 10.8. The van der Waals surface area contributed by atoms with Crippen molar-refractivity contribution in [3.8, 4) is 0 Å². The van der Waals surface area contributed by atoms with E-state index in [1.807, 2.05) is 5.32 Å². The van der Waals surface area contributed by atoms with Gasteiger partial charge in [0, 0.05) is 24.4 Å². The Balaban J connectivity index is 2.31. The Kier molecular flexibility index (Phi) is 4.11. The minimum Gasteiger partial charge on any atom is -0.388 e. The van der Waals surface area contributed by atoms with Crippen molar-refractivity contribution < 1.29 is 22.4 Å². The average Bonchev–Trinajstić information content (AvgIpc) is 2.49. The highest BCUT2D eigenvalue weighted by Gasteiger charge is 2.21. The summed E-state index contributed by atoms with van der Waals surface area (Å²) < 4.78 is 52.9. The fraction of sp³-hybridized carbons (Fsp3) is 0.0714. The van der Waals surface area contributed by atoms with E-state index >= 15 is 0 Å². The van der Waals surface area contributed by atoms with Gasteiger partial charge in [-0.2, -0.15) is 0 Å². The third kappa shape index (κ3) is 2.96. The number of rotatable bonds is 3. The molecule has 2 aromatic rings. The van der Waals surface area contributed by atoms with Gasteiger partial charge in [-0.15, -0.1) is 0 Å². The molecular weight excluding hydrogens is 288 g/mol. The molecule has 0 aliphatic carbocycles. The lowest BCUT2D eigenvalue weighted by atomic mass is 10.2. The van der Waals surface area contributed by atoms with Crippen LogP contribution in [0.3, 0.4) is 0 Å². The smallest absolute Gasteiger partial charge is 0.255 e. The van der Waals surface area contributed by atoms with Crippen LogP contribution < -0.4 is 10.6 Å². The van der Waals surface area contributed by atoms with Gasteiger partial charge in [-0.3, -0.25) is 4.79 Å². The standard InChI is InChI=1S/C14H10F4N2O/c1-19-8-4-2-7(3-5-8)14(21)20-13-11(17)9(15)6-10(16)12(13)18/h2-6,19H,1H3,(H,20,21). The third-order valence-corrected chi connectivity index (χ3v) is 2.79. The Morgan fingerprint density at radius 2 is 1.48 bits per heavy atom. The molecule has 2 N–H and O–H groups in total. The van der Waals surface area contributed by atoms with Crippen LogP contribution in [0.5, 0.6) is 0 Å². The Morgan fingerprint density at radius 1 is 0.952 bits per heavy atom. The number of nitrogens with one attached hydrogen (secondary N) is 2. The van der Waals surface area contributed by atoms with Crippen molar-refractivity contribution in [2.45, 2.75) is 0 Å². The van der Waals surface area contributed by atoms with Crippen LogP contribution in [0.4, 0.5) is 28.9 Å². The van der Waals surface area contributed by atoms with Crippen LogP contribution in [0, 0.1) is 23.3 Å². The lowest BCUT2D eigenvalue weighted by Gasteiger charge is -2.09. The molecule has 21 heavy (non-hydrogen) atoms. The quantitative estimate of drug-likeness (QED) is 0.672. The highest BCUT2D eigenvalue weighted by molar-refractivity contribution is 6.04. The zero-order valence-electron chi connectivity index (χ0n) is 10.8. The van der Waals surface area contributed by atoms with Crippen LogP contribution in [0.1, 0.15) is 10.4 Å². The van der Waals surface area contributed by atoms with E-state index in [1.165, 1.54) is 12.1 Å². The summed E-state index contributed by atoms with van der Waals surface area (Å²) in [6.07, 6.45) is 0. The van der Waals surface area contributed by atoms with Crippen molar-refractivity contribution in [1.29, 1.82) is 0 Å². The van der Waals surface area contributed by atoms with E-state index in [-0.39, 0.29) is 11.6 Å². The maximum absolute atomic E-state index is 13.4. The van der Waals surface area contributed by atoms with Crippen LogP contribution >= 0.6 is 0 Å². The molecule has 0 atom stereocenters. The summed E-state index contributed by atoms with van der Waals surface area (Å²) in [5.41, 5.74) is -0.353. The Hall–Kier alpha value is -2.57. The second kappa shape index (κ2) is 5.82. The Labute approximate surface area is 117 Å². The summed E-state index contributed by atoms with van der Waals surface area (Å²) >= 11 is 0. The molecule has 0 heterocycles. The molecule has 7 heteroatoms. The van der Waals surface area contributed by atoms with Gasteiger partial charge in [0.25, 0.3) is 5.91 Å². The van der Waals surface area contributed by atoms with Crippen molar-refractivity contribution in [2.24, 2.45) is 0 Å². The first-order valence-electron chi connectivity index (χ1n) is 5.86. The minimum atomic E-state index is -1.66. The van der Waals surface area contributed by atoms with E-state index in [9.17, 15) is 22.4 Å². The summed E-state index contributed by atoms with van der Waals surface area (Å²) in [5, 5.41) is 4.65. The maximum atomic E-state index is 13.4. The molecule has 2 rings (SSSR count). The van der Waals surface area contributed by atoms with E-state index < -0.39 is 34.9 Å². The molecule has 0 saturated carbocycles. The van der Waals surface area contributed by atoms with Crippen LogP contribution in [0.15, 0.2) is 30.3 Å². The number of halogens is 4. The Bertz CT molecular complexity index is 660. The molecule has 0 spiro atoms.